The van der Waals surface area contributed by atoms with Crippen LogP contribution in [-0.2, 0) is 10.0 Å². The summed E-state index contributed by atoms with van der Waals surface area (Å²) >= 11 is 0. The molecule has 1 aliphatic rings. The number of nitrogens with one attached hydrogen (secondary N) is 2. The van der Waals surface area contributed by atoms with Gasteiger partial charge in [0.1, 0.15) is 4.90 Å². The number of H-pyrrole nitrogens is 1. The van der Waals surface area contributed by atoms with Crippen LogP contribution in [0.3, 0.4) is 0 Å². The Hall–Kier alpha value is -0.920. The third-order valence-corrected chi connectivity index (χ3v) is 4.42. The molecule has 2 rings (SSSR count). The second-order valence-electron chi connectivity index (χ2n) is 4.30. The van der Waals surface area contributed by atoms with Gasteiger partial charge >= 0.3 is 0 Å². The van der Waals surface area contributed by atoms with Gasteiger partial charge in [-0.15, -0.1) is 0 Å². The molecule has 1 aromatic rings. The molecule has 0 saturated heterocycles. The number of aromatic nitrogens is 2. The Balaban J connectivity index is 1.96. The van der Waals surface area contributed by atoms with Gasteiger partial charge in [0, 0.05) is 12.7 Å². The van der Waals surface area contributed by atoms with E-state index < -0.39 is 10.0 Å². The minimum absolute atomic E-state index is 0.103. The van der Waals surface area contributed by atoms with Crippen LogP contribution in [0.25, 0.3) is 0 Å². The average molecular weight is 244 g/mol. The molecule has 0 amide bonds. The molecule has 0 spiro atoms. The quantitative estimate of drug-likeness (QED) is 0.646. The SMILES string of the molecule is NCCC1(CNS(=O)(=O)c2cn[nH]c2)CC1. The van der Waals surface area contributed by atoms with Crippen LogP contribution >= 0.6 is 0 Å². The van der Waals surface area contributed by atoms with E-state index in [9.17, 15) is 8.42 Å². The van der Waals surface area contributed by atoms with Crippen LogP contribution in [0.1, 0.15) is 19.3 Å². The van der Waals surface area contributed by atoms with Crippen molar-refractivity contribution in [1.82, 2.24) is 14.9 Å². The van der Waals surface area contributed by atoms with Gasteiger partial charge in [0.05, 0.1) is 6.20 Å². The molecule has 0 aliphatic heterocycles. The minimum atomic E-state index is -3.41. The van der Waals surface area contributed by atoms with Gasteiger partial charge in [-0.3, -0.25) is 5.10 Å². The monoisotopic (exact) mass is 244 g/mol. The fraction of sp³-hybridized carbons (Fsp3) is 0.667. The predicted molar refractivity (Wildman–Crippen MR) is 59.1 cm³/mol. The molecule has 4 N–H and O–H groups in total. The molecule has 0 atom stereocenters. The van der Waals surface area contributed by atoms with E-state index >= 15 is 0 Å². The van der Waals surface area contributed by atoms with Crippen molar-refractivity contribution in [2.75, 3.05) is 13.1 Å². The van der Waals surface area contributed by atoms with E-state index in [2.05, 4.69) is 14.9 Å². The zero-order valence-electron chi connectivity index (χ0n) is 8.94. The van der Waals surface area contributed by atoms with Gasteiger partial charge in [-0.25, -0.2) is 13.1 Å². The van der Waals surface area contributed by atoms with Crippen LogP contribution in [0, 0.1) is 5.41 Å². The Bertz CT molecular complexity index is 436. The smallest absolute Gasteiger partial charge is 0.243 e. The summed E-state index contributed by atoms with van der Waals surface area (Å²) < 4.78 is 26.1. The van der Waals surface area contributed by atoms with Crippen LogP contribution in [0.15, 0.2) is 17.3 Å². The molecule has 1 saturated carbocycles. The lowest BCUT2D eigenvalue weighted by molar-refractivity contribution is 0.461. The van der Waals surface area contributed by atoms with Crippen molar-refractivity contribution in [1.29, 1.82) is 0 Å². The molecular formula is C9H16N4O2S. The maximum atomic E-state index is 11.8. The Kier molecular flexibility index (Phi) is 3.00. The molecular weight excluding hydrogens is 228 g/mol. The summed E-state index contributed by atoms with van der Waals surface area (Å²) in [4.78, 5) is 0.177. The number of sulfonamides is 1. The van der Waals surface area contributed by atoms with Crippen LogP contribution in [0.2, 0.25) is 0 Å². The number of nitrogens with zero attached hydrogens (tertiary/aromatic N) is 1. The maximum absolute atomic E-state index is 11.8. The topological polar surface area (TPSA) is 101 Å². The summed E-state index contributed by atoms with van der Waals surface area (Å²) in [6, 6.07) is 0. The Labute approximate surface area is 94.7 Å². The second-order valence-corrected chi connectivity index (χ2v) is 6.06. The highest BCUT2D eigenvalue weighted by Crippen LogP contribution is 2.47. The lowest BCUT2D eigenvalue weighted by atomic mass is 10.0. The summed E-state index contributed by atoms with van der Waals surface area (Å²) in [6.07, 6.45) is 5.65. The van der Waals surface area contributed by atoms with E-state index in [1.54, 1.807) is 0 Å². The van der Waals surface area contributed by atoms with Gasteiger partial charge < -0.3 is 5.73 Å². The van der Waals surface area contributed by atoms with Gasteiger partial charge in [0.25, 0.3) is 0 Å². The van der Waals surface area contributed by atoms with E-state index in [0.717, 1.165) is 19.3 Å². The van der Waals surface area contributed by atoms with Crippen molar-refractivity contribution >= 4 is 10.0 Å². The number of rotatable bonds is 6. The average Bonchev–Trinajstić information content (AvgIpc) is 2.81. The van der Waals surface area contributed by atoms with Crippen molar-refractivity contribution in [2.24, 2.45) is 11.1 Å². The van der Waals surface area contributed by atoms with Crippen LogP contribution < -0.4 is 10.5 Å². The summed E-state index contributed by atoms with van der Waals surface area (Å²) in [5, 5.41) is 6.11. The minimum Gasteiger partial charge on any atom is -0.330 e. The first-order chi connectivity index (χ1) is 7.58. The Morgan fingerprint density at radius 3 is 2.81 bits per heavy atom. The van der Waals surface area contributed by atoms with E-state index in [-0.39, 0.29) is 10.3 Å². The van der Waals surface area contributed by atoms with Gasteiger partial charge in [-0.05, 0) is 31.2 Å². The fourth-order valence-electron chi connectivity index (χ4n) is 1.72. The zero-order valence-corrected chi connectivity index (χ0v) is 9.76. The van der Waals surface area contributed by atoms with E-state index in [0.29, 0.717) is 13.1 Å². The molecule has 0 radical (unpaired) electrons. The number of hydrogen-bond acceptors (Lipinski definition) is 4. The standard InChI is InChI=1S/C9H16N4O2S/c10-4-3-9(1-2-9)7-13-16(14,15)8-5-11-12-6-8/h5-6,13H,1-4,7,10H2,(H,11,12). The Morgan fingerprint density at radius 1 is 1.56 bits per heavy atom. The molecule has 7 heteroatoms. The van der Waals surface area contributed by atoms with Crippen molar-refractivity contribution in [2.45, 2.75) is 24.2 Å². The van der Waals surface area contributed by atoms with Crippen molar-refractivity contribution < 1.29 is 8.42 Å². The molecule has 1 aromatic heterocycles. The first kappa shape index (κ1) is 11.6. The van der Waals surface area contributed by atoms with Gasteiger partial charge in [0.2, 0.25) is 10.0 Å². The van der Waals surface area contributed by atoms with Gasteiger partial charge in [-0.1, -0.05) is 0 Å². The first-order valence-corrected chi connectivity index (χ1v) is 6.75. The number of nitrogens with two attached hydrogens (primary N) is 1. The lowest BCUT2D eigenvalue weighted by Gasteiger charge is -2.14. The zero-order chi connectivity index (χ0) is 11.6. The van der Waals surface area contributed by atoms with Crippen molar-refractivity contribution in [3.63, 3.8) is 0 Å². The van der Waals surface area contributed by atoms with E-state index in [4.69, 9.17) is 5.73 Å². The van der Waals surface area contributed by atoms with Gasteiger partial charge in [0.15, 0.2) is 0 Å². The molecule has 1 heterocycles. The highest BCUT2D eigenvalue weighted by Gasteiger charge is 2.42. The number of aromatic amines is 1. The third-order valence-electron chi connectivity index (χ3n) is 3.05. The maximum Gasteiger partial charge on any atom is 0.243 e. The lowest BCUT2D eigenvalue weighted by Crippen LogP contribution is -2.31. The predicted octanol–water partition coefficient (Wildman–Crippen LogP) is -0.183. The largest absolute Gasteiger partial charge is 0.330 e. The van der Waals surface area contributed by atoms with Gasteiger partial charge in [-0.2, -0.15) is 5.10 Å². The van der Waals surface area contributed by atoms with E-state index in [1.807, 2.05) is 0 Å². The van der Waals surface area contributed by atoms with Crippen LogP contribution in [-0.4, -0.2) is 31.7 Å². The van der Waals surface area contributed by atoms with Crippen molar-refractivity contribution in [3.05, 3.63) is 12.4 Å². The highest BCUT2D eigenvalue weighted by atomic mass is 32.2. The second kappa shape index (κ2) is 4.15. The van der Waals surface area contributed by atoms with E-state index in [1.165, 1.54) is 12.4 Å². The fourth-order valence-corrected chi connectivity index (χ4v) is 2.78. The Morgan fingerprint density at radius 2 is 2.31 bits per heavy atom. The molecule has 16 heavy (non-hydrogen) atoms. The summed E-state index contributed by atoms with van der Waals surface area (Å²) in [6.45, 7) is 1.07. The molecule has 0 unspecified atom stereocenters. The molecule has 0 aromatic carbocycles. The first-order valence-electron chi connectivity index (χ1n) is 5.27. The summed E-state index contributed by atoms with van der Waals surface area (Å²) in [5.41, 5.74) is 5.60. The summed E-state index contributed by atoms with van der Waals surface area (Å²) in [5.74, 6) is 0. The van der Waals surface area contributed by atoms with Crippen LogP contribution in [0.4, 0.5) is 0 Å². The molecule has 1 aliphatic carbocycles. The van der Waals surface area contributed by atoms with Crippen LogP contribution in [0.5, 0.6) is 0 Å². The normalized spacial score (nSPS) is 18.6. The molecule has 6 nitrogen and oxygen atoms in total. The number of hydrogen-bond donors (Lipinski definition) is 3. The summed E-state index contributed by atoms with van der Waals surface area (Å²) in [7, 11) is -3.41. The third kappa shape index (κ3) is 2.42. The van der Waals surface area contributed by atoms with Crippen molar-refractivity contribution in [3.8, 4) is 0 Å². The highest BCUT2D eigenvalue weighted by molar-refractivity contribution is 7.89. The molecule has 90 valence electrons. The molecule has 0 bridgehead atoms. The molecule has 1 fully saturated rings.